The van der Waals surface area contributed by atoms with Crippen LogP contribution in [0.15, 0.2) is 47.5 Å². The Bertz CT molecular complexity index is 2060. The third-order valence-electron chi connectivity index (χ3n) is 11.9. The zero-order valence-electron chi connectivity index (χ0n) is 41.7. The van der Waals surface area contributed by atoms with Gasteiger partial charge in [-0.15, -0.1) is 34.0 Å². The Morgan fingerprint density at radius 1 is 0.444 bits per heavy atom. The van der Waals surface area contributed by atoms with E-state index in [-0.39, 0.29) is 11.8 Å². The van der Waals surface area contributed by atoms with Crippen molar-refractivity contribution in [3.63, 3.8) is 0 Å². The molecule has 350 valence electrons. The first-order chi connectivity index (χ1) is 29.5. The molecule has 2 aliphatic rings. The van der Waals surface area contributed by atoms with Gasteiger partial charge in [0.05, 0.1) is 32.3 Å². The summed E-state index contributed by atoms with van der Waals surface area (Å²) in [5.74, 6) is 0.848. The van der Waals surface area contributed by atoms with Gasteiger partial charge in [-0.05, 0) is 139 Å². The van der Waals surface area contributed by atoms with Crippen molar-refractivity contribution < 1.29 is 17.8 Å². The Kier molecular flexibility index (Phi) is 18.6. The molecule has 5 rings (SSSR count). The van der Waals surface area contributed by atoms with Gasteiger partial charge in [0, 0.05) is 32.6 Å². The van der Waals surface area contributed by atoms with E-state index < -0.39 is 33.3 Å². The second-order valence-corrected chi connectivity index (χ2v) is 43.4. The van der Waals surface area contributed by atoms with E-state index in [4.69, 9.17) is 8.23 Å². The summed E-state index contributed by atoms with van der Waals surface area (Å²) < 4.78 is 13.2. The highest BCUT2D eigenvalue weighted by molar-refractivity contribution is 7.22. The van der Waals surface area contributed by atoms with Crippen LogP contribution in [0, 0.1) is 0 Å². The van der Waals surface area contributed by atoms with Crippen LogP contribution in [0.3, 0.4) is 0 Å². The fourth-order valence-electron chi connectivity index (χ4n) is 9.33. The molecule has 2 aliphatic heterocycles. The monoisotopic (exact) mass is 982 g/mol. The molecule has 2 amide bonds. The first-order valence-electron chi connectivity index (χ1n) is 24.3. The maximum absolute atomic E-state index is 15.0. The van der Waals surface area contributed by atoms with E-state index in [0.717, 1.165) is 59.7 Å². The van der Waals surface area contributed by atoms with E-state index in [9.17, 15) is 0 Å². The molecule has 0 bridgehead atoms. The highest BCUT2D eigenvalue weighted by Crippen LogP contribution is 2.50. The maximum atomic E-state index is 15.0. The molecule has 5 heterocycles. The summed E-state index contributed by atoms with van der Waals surface area (Å²) in [6, 6.07) is 15.6. The number of fused-ring (bicyclic) bond motifs is 1. The second kappa shape index (κ2) is 22.4. The van der Waals surface area contributed by atoms with Crippen LogP contribution in [0.5, 0.6) is 0 Å². The molecule has 0 aliphatic carbocycles. The maximum Gasteiger partial charge on any atom is 0.261 e. The SMILES string of the molecule is CC(C)c1ccc(C2=C3C(=O)N(CCCCCCCC[Si](C)(C)O[Si](C)(C)C)C(c4ccc(-c5ccc(C(C)C)s5)s4)=C3C(=O)N2CCCCCCCC[Si](C)(C)O[Si](C)(C)C)s1. The number of rotatable bonds is 27. The molecule has 0 N–H and O–H groups in total. The molecule has 63 heavy (non-hydrogen) atoms. The van der Waals surface area contributed by atoms with Crippen LogP contribution in [-0.4, -0.2) is 68.0 Å². The number of amides is 2. The van der Waals surface area contributed by atoms with Gasteiger partial charge >= 0.3 is 0 Å². The fourth-order valence-corrected chi connectivity index (χ4v) is 28.9. The zero-order valence-corrected chi connectivity index (χ0v) is 48.1. The third kappa shape index (κ3) is 14.9. The average molecular weight is 984 g/mol. The molecule has 0 spiro atoms. The van der Waals surface area contributed by atoms with Crippen molar-refractivity contribution in [1.82, 2.24) is 9.80 Å². The van der Waals surface area contributed by atoms with Crippen LogP contribution in [0.4, 0.5) is 0 Å². The van der Waals surface area contributed by atoms with Crippen LogP contribution < -0.4 is 0 Å². The van der Waals surface area contributed by atoms with Crippen molar-refractivity contribution in [3.05, 3.63) is 67.1 Å². The number of thiophene rings is 3. The van der Waals surface area contributed by atoms with Crippen molar-refractivity contribution in [2.45, 2.75) is 194 Å². The summed E-state index contributed by atoms with van der Waals surface area (Å²) in [5, 5.41) is 0. The Labute approximate surface area is 399 Å². The van der Waals surface area contributed by atoms with Crippen molar-refractivity contribution in [2.75, 3.05) is 13.1 Å². The summed E-state index contributed by atoms with van der Waals surface area (Å²) in [6.45, 7) is 33.5. The lowest BCUT2D eigenvalue weighted by atomic mass is 10.1. The number of nitrogens with zero attached hydrogens (tertiary/aromatic N) is 2. The minimum atomic E-state index is -1.61. The molecule has 0 unspecified atom stereocenters. The van der Waals surface area contributed by atoms with Crippen LogP contribution in [0.1, 0.15) is 136 Å². The minimum absolute atomic E-state index is 0.00214. The summed E-state index contributed by atoms with van der Waals surface area (Å²) in [5.41, 5.74) is 2.92. The van der Waals surface area contributed by atoms with Crippen LogP contribution in [-0.2, 0) is 17.8 Å². The number of unbranched alkanes of at least 4 members (excludes halogenated alkanes) is 10. The second-order valence-electron chi connectivity index (χ2n) is 21.9. The first-order valence-corrected chi connectivity index (χ1v) is 39.8. The molecule has 3 aromatic rings. The van der Waals surface area contributed by atoms with E-state index in [2.05, 4.69) is 130 Å². The zero-order chi connectivity index (χ0) is 46.3. The van der Waals surface area contributed by atoms with Gasteiger partial charge in [0.15, 0.2) is 33.3 Å². The molecule has 0 fully saturated rings. The number of carbonyl (C=O) groups excluding carboxylic acids is 2. The van der Waals surface area contributed by atoms with Gasteiger partial charge in [0.2, 0.25) is 0 Å². The predicted molar refractivity (Wildman–Crippen MR) is 286 cm³/mol. The lowest BCUT2D eigenvalue weighted by Crippen LogP contribution is -2.42. The standard InChI is InChI=1S/C50H82N2O4S3Si4/c1-37(2)39-27-29-41(57-39)42-30-32-44(59-42)48-46-45(49(53)52(48)34-24-20-16-18-22-26-36-63(13,14)56-61(8,9)10)47(43-31-28-40(58-43)38(3)4)51(50(46)54)33-23-19-15-17-21-25-35-62(11,12)55-60(5,6)7/h27-32,37-38H,15-26,33-36H2,1-14H3. The predicted octanol–water partition coefficient (Wildman–Crippen LogP) is 16.4. The quantitative estimate of drug-likeness (QED) is 0.0564. The van der Waals surface area contributed by atoms with E-state index in [1.807, 2.05) is 21.1 Å². The van der Waals surface area contributed by atoms with Crippen LogP contribution in [0.2, 0.25) is 77.6 Å². The van der Waals surface area contributed by atoms with E-state index in [1.54, 1.807) is 22.7 Å². The molecular weight excluding hydrogens is 901 g/mol. The van der Waals surface area contributed by atoms with E-state index >= 15 is 9.59 Å². The van der Waals surface area contributed by atoms with Gasteiger partial charge < -0.3 is 18.0 Å². The van der Waals surface area contributed by atoms with Crippen LogP contribution in [0.25, 0.3) is 21.1 Å². The van der Waals surface area contributed by atoms with Gasteiger partial charge in [-0.1, -0.05) is 91.9 Å². The van der Waals surface area contributed by atoms with Gasteiger partial charge in [0.25, 0.3) is 11.8 Å². The van der Waals surface area contributed by atoms with E-state index in [1.165, 1.54) is 70.1 Å². The van der Waals surface area contributed by atoms with Crippen molar-refractivity contribution in [3.8, 4) is 9.75 Å². The van der Waals surface area contributed by atoms with Crippen molar-refractivity contribution in [1.29, 1.82) is 0 Å². The number of hydrogen-bond acceptors (Lipinski definition) is 7. The molecule has 0 radical (unpaired) electrons. The average Bonchev–Trinajstić information content (AvgIpc) is 4.00. The minimum Gasteiger partial charge on any atom is -0.456 e. The number of carbonyl (C=O) groups is 2. The molecule has 0 saturated heterocycles. The Morgan fingerprint density at radius 3 is 1.16 bits per heavy atom. The highest BCUT2D eigenvalue weighted by atomic mass is 32.1. The summed E-state index contributed by atoms with van der Waals surface area (Å²) in [7, 11) is -6.24. The Balaban J connectivity index is 1.34. The normalized spacial score (nSPS) is 15.5. The Hall–Kier alpha value is -1.69. The molecular formula is C50H82N2O4S3Si4. The Morgan fingerprint density at radius 2 is 0.762 bits per heavy atom. The van der Waals surface area contributed by atoms with Crippen molar-refractivity contribution >= 4 is 90.5 Å². The summed E-state index contributed by atoms with van der Waals surface area (Å²) >= 11 is 5.31. The van der Waals surface area contributed by atoms with Gasteiger partial charge in [-0.2, -0.15) is 0 Å². The van der Waals surface area contributed by atoms with Crippen molar-refractivity contribution in [2.24, 2.45) is 0 Å². The lowest BCUT2D eigenvalue weighted by molar-refractivity contribution is -0.124. The van der Waals surface area contributed by atoms with Gasteiger partial charge in [-0.25, -0.2) is 0 Å². The molecule has 3 aromatic heterocycles. The fraction of sp³-hybridized carbons (Fsp3) is 0.640. The van der Waals surface area contributed by atoms with Gasteiger partial charge in [0.1, 0.15) is 0 Å². The molecule has 0 atom stereocenters. The highest BCUT2D eigenvalue weighted by Gasteiger charge is 2.49. The molecule has 0 aromatic carbocycles. The summed E-state index contributed by atoms with van der Waals surface area (Å²) in [6.07, 6.45) is 13.7. The molecule has 13 heteroatoms. The smallest absolute Gasteiger partial charge is 0.261 e. The van der Waals surface area contributed by atoms with Gasteiger partial charge in [-0.3, -0.25) is 9.59 Å². The van der Waals surface area contributed by atoms with Crippen LogP contribution >= 0.6 is 34.0 Å². The summed E-state index contributed by atoms with van der Waals surface area (Å²) in [4.78, 5) is 41.1. The topological polar surface area (TPSA) is 59.1 Å². The van der Waals surface area contributed by atoms with E-state index in [0.29, 0.717) is 36.1 Å². The largest absolute Gasteiger partial charge is 0.456 e. The molecule has 0 saturated carbocycles. The molecule has 6 nitrogen and oxygen atoms in total. The number of hydrogen-bond donors (Lipinski definition) is 0. The third-order valence-corrected chi connectivity index (χ3v) is 28.4. The first kappa shape index (κ1) is 52.3. The lowest BCUT2D eigenvalue weighted by Gasteiger charge is -2.31.